The Hall–Kier alpha value is -0.580. The number of rotatable bonds is 5. The van der Waals surface area contributed by atoms with Gasteiger partial charge in [0.1, 0.15) is 0 Å². The number of amides is 1. The van der Waals surface area contributed by atoms with Crippen LogP contribution in [-0.2, 0) is 11.3 Å². The van der Waals surface area contributed by atoms with Gasteiger partial charge in [-0.05, 0) is 12.1 Å². The molecule has 0 saturated carbocycles. The van der Waals surface area contributed by atoms with Gasteiger partial charge in [-0.2, -0.15) is 0 Å². The van der Waals surface area contributed by atoms with Gasteiger partial charge in [0.05, 0.1) is 17.4 Å². The van der Waals surface area contributed by atoms with Crippen molar-refractivity contribution in [2.45, 2.75) is 26.4 Å². The molecule has 0 atom stereocenters. The summed E-state index contributed by atoms with van der Waals surface area (Å²) in [6, 6.07) is 4.08. The van der Waals surface area contributed by atoms with Crippen molar-refractivity contribution in [1.82, 2.24) is 10.6 Å². The van der Waals surface area contributed by atoms with E-state index in [0.29, 0.717) is 19.1 Å². The molecule has 0 aliphatic rings. The van der Waals surface area contributed by atoms with Gasteiger partial charge in [0.25, 0.3) is 0 Å². The Morgan fingerprint density at radius 2 is 2.27 bits per heavy atom. The van der Waals surface area contributed by atoms with E-state index < -0.39 is 0 Å². The van der Waals surface area contributed by atoms with Crippen LogP contribution in [0.15, 0.2) is 12.1 Å². The average Bonchev–Trinajstić information content (AvgIpc) is 2.58. The first kappa shape index (κ1) is 12.5. The van der Waals surface area contributed by atoms with E-state index in [9.17, 15) is 4.79 Å². The Morgan fingerprint density at radius 1 is 1.53 bits per heavy atom. The van der Waals surface area contributed by atoms with Crippen molar-refractivity contribution in [3.05, 3.63) is 21.3 Å². The maximum atomic E-state index is 11.3. The molecule has 1 aromatic heterocycles. The van der Waals surface area contributed by atoms with Gasteiger partial charge in [0.15, 0.2) is 0 Å². The SMILES string of the molecule is CC(C)NCC(=O)NCc1ccc(Cl)s1. The number of thiophene rings is 1. The first-order chi connectivity index (χ1) is 7.08. The van der Waals surface area contributed by atoms with Crippen LogP contribution < -0.4 is 10.6 Å². The number of halogens is 1. The minimum absolute atomic E-state index is 0.00761. The molecule has 0 aliphatic carbocycles. The fourth-order valence-electron chi connectivity index (χ4n) is 0.992. The minimum atomic E-state index is 0.00761. The summed E-state index contributed by atoms with van der Waals surface area (Å²) in [4.78, 5) is 12.4. The monoisotopic (exact) mass is 246 g/mol. The molecule has 3 nitrogen and oxygen atoms in total. The molecule has 5 heteroatoms. The van der Waals surface area contributed by atoms with Crippen LogP contribution in [0.1, 0.15) is 18.7 Å². The topological polar surface area (TPSA) is 41.1 Å². The van der Waals surface area contributed by atoms with Crippen LogP contribution in [0.4, 0.5) is 0 Å². The van der Waals surface area contributed by atoms with Crippen LogP contribution in [-0.4, -0.2) is 18.5 Å². The highest BCUT2D eigenvalue weighted by atomic mass is 35.5. The first-order valence-corrected chi connectivity index (χ1v) is 6.01. The molecule has 1 amide bonds. The third-order valence-electron chi connectivity index (χ3n) is 1.76. The molecule has 0 radical (unpaired) electrons. The predicted molar refractivity (Wildman–Crippen MR) is 64.3 cm³/mol. The van der Waals surface area contributed by atoms with Crippen molar-refractivity contribution in [1.29, 1.82) is 0 Å². The number of carbonyl (C=O) groups excluding carboxylic acids is 1. The fraction of sp³-hybridized carbons (Fsp3) is 0.500. The molecule has 0 saturated heterocycles. The Balaban J connectivity index is 2.22. The number of hydrogen-bond acceptors (Lipinski definition) is 3. The molecule has 0 fully saturated rings. The molecule has 84 valence electrons. The highest BCUT2D eigenvalue weighted by molar-refractivity contribution is 7.16. The molecule has 1 aromatic rings. The smallest absolute Gasteiger partial charge is 0.234 e. The summed E-state index contributed by atoms with van der Waals surface area (Å²) < 4.78 is 0.750. The number of carbonyl (C=O) groups is 1. The van der Waals surface area contributed by atoms with Crippen molar-refractivity contribution < 1.29 is 4.79 Å². The third-order valence-corrected chi connectivity index (χ3v) is 2.99. The van der Waals surface area contributed by atoms with E-state index >= 15 is 0 Å². The van der Waals surface area contributed by atoms with Gasteiger partial charge in [-0.15, -0.1) is 11.3 Å². The summed E-state index contributed by atoms with van der Waals surface area (Å²) in [5, 5.41) is 5.87. The highest BCUT2D eigenvalue weighted by Gasteiger charge is 2.03. The zero-order valence-corrected chi connectivity index (χ0v) is 10.4. The second kappa shape index (κ2) is 6.10. The molecule has 1 heterocycles. The van der Waals surface area contributed by atoms with Gasteiger partial charge < -0.3 is 10.6 Å². The van der Waals surface area contributed by atoms with Crippen molar-refractivity contribution in [2.24, 2.45) is 0 Å². The Morgan fingerprint density at radius 3 is 2.80 bits per heavy atom. The lowest BCUT2D eigenvalue weighted by Crippen LogP contribution is -2.36. The zero-order valence-electron chi connectivity index (χ0n) is 8.84. The Kier molecular flexibility index (Phi) is 5.08. The Bertz CT molecular complexity index is 325. The van der Waals surface area contributed by atoms with Gasteiger partial charge in [0.2, 0.25) is 5.91 Å². The molecule has 0 aromatic carbocycles. The summed E-state index contributed by atoms with van der Waals surface area (Å²) in [5.74, 6) is 0.00761. The third kappa shape index (κ3) is 5.16. The standard InChI is InChI=1S/C10H15ClN2OS/c1-7(2)12-6-10(14)13-5-8-3-4-9(11)15-8/h3-4,7,12H,5-6H2,1-2H3,(H,13,14). The molecule has 0 bridgehead atoms. The zero-order chi connectivity index (χ0) is 11.3. The second-order valence-corrected chi connectivity index (χ2v) is 5.32. The molecule has 2 N–H and O–H groups in total. The summed E-state index contributed by atoms with van der Waals surface area (Å²) in [6.07, 6.45) is 0. The van der Waals surface area contributed by atoms with Crippen molar-refractivity contribution in [3.63, 3.8) is 0 Å². The number of hydrogen-bond donors (Lipinski definition) is 2. The van der Waals surface area contributed by atoms with E-state index in [1.807, 2.05) is 26.0 Å². The van der Waals surface area contributed by atoms with Crippen LogP contribution in [0.5, 0.6) is 0 Å². The molecular formula is C10H15ClN2OS. The lowest BCUT2D eigenvalue weighted by Gasteiger charge is -2.07. The van der Waals surface area contributed by atoms with Gasteiger partial charge in [-0.3, -0.25) is 4.79 Å². The van der Waals surface area contributed by atoms with Gasteiger partial charge in [-0.1, -0.05) is 25.4 Å². The highest BCUT2D eigenvalue weighted by Crippen LogP contribution is 2.20. The number of nitrogens with one attached hydrogen (secondary N) is 2. The van der Waals surface area contributed by atoms with Crippen LogP contribution >= 0.6 is 22.9 Å². The summed E-state index contributed by atoms with van der Waals surface area (Å²) >= 11 is 7.26. The van der Waals surface area contributed by atoms with Crippen LogP contribution in [0.3, 0.4) is 0 Å². The predicted octanol–water partition coefficient (Wildman–Crippen LogP) is 2.02. The van der Waals surface area contributed by atoms with Crippen LogP contribution in [0.25, 0.3) is 0 Å². The van der Waals surface area contributed by atoms with E-state index in [0.717, 1.165) is 9.21 Å². The quantitative estimate of drug-likeness (QED) is 0.835. The molecule has 0 spiro atoms. The van der Waals surface area contributed by atoms with Crippen LogP contribution in [0, 0.1) is 0 Å². The second-order valence-electron chi connectivity index (χ2n) is 3.52. The van der Waals surface area contributed by atoms with E-state index in [-0.39, 0.29) is 5.91 Å². The summed E-state index contributed by atoms with van der Waals surface area (Å²) in [7, 11) is 0. The van der Waals surface area contributed by atoms with Gasteiger partial charge in [0, 0.05) is 10.9 Å². The summed E-state index contributed by atoms with van der Waals surface area (Å²) in [5.41, 5.74) is 0. The van der Waals surface area contributed by atoms with E-state index in [4.69, 9.17) is 11.6 Å². The van der Waals surface area contributed by atoms with Crippen LogP contribution in [0.2, 0.25) is 4.34 Å². The molecular weight excluding hydrogens is 232 g/mol. The average molecular weight is 247 g/mol. The lowest BCUT2D eigenvalue weighted by molar-refractivity contribution is -0.120. The largest absolute Gasteiger partial charge is 0.350 e. The minimum Gasteiger partial charge on any atom is -0.350 e. The normalized spacial score (nSPS) is 10.7. The van der Waals surface area contributed by atoms with Gasteiger partial charge >= 0.3 is 0 Å². The van der Waals surface area contributed by atoms with Gasteiger partial charge in [-0.25, -0.2) is 0 Å². The molecule has 0 unspecified atom stereocenters. The maximum absolute atomic E-state index is 11.3. The van der Waals surface area contributed by atoms with E-state index in [1.165, 1.54) is 11.3 Å². The molecule has 15 heavy (non-hydrogen) atoms. The van der Waals surface area contributed by atoms with E-state index in [1.54, 1.807) is 0 Å². The molecule has 1 rings (SSSR count). The van der Waals surface area contributed by atoms with Crippen molar-refractivity contribution in [3.8, 4) is 0 Å². The Labute approximate surface area is 98.8 Å². The molecule has 0 aliphatic heterocycles. The first-order valence-electron chi connectivity index (χ1n) is 4.82. The van der Waals surface area contributed by atoms with Crippen molar-refractivity contribution >= 4 is 28.8 Å². The maximum Gasteiger partial charge on any atom is 0.234 e. The summed E-state index contributed by atoms with van der Waals surface area (Å²) in [6.45, 7) is 4.92. The lowest BCUT2D eigenvalue weighted by atomic mass is 10.4. The van der Waals surface area contributed by atoms with Crippen molar-refractivity contribution in [2.75, 3.05) is 6.54 Å². The van der Waals surface area contributed by atoms with E-state index in [2.05, 4.69) is 10.6 Å². The fourth-order valence-corrected chi connectivity index (χ4v) is 2.02.